The monoisotopic (exact) mass is 344 g/mol. The van der Waals surface area contributed by atoms with Crippen molar-refractivity contribution in [3.8, 4) is 5.75 Å². The summed E-state index contributed by atoms with van der Waals surface area (Å²) in [6.45, 7) is 0. The molecule has 0 amide bonds. The molecule has 1 aromatic carbocycles. The molecule has 136 valence electrons. The molecular weight excluding hydrogens is 316 g/mol. The summed E-state index contributed by atoms with van der Waals surface area (Å²) in [5.74, 6) is 0.454. The van der Waals surface area contributed by atoms with Crippen molar-refractivity contribution in [1.82, 2.24) is 0 Å². The molecule has 25 heavy (non-hydrogen) atoms. The van der Waals surface area contributed by atoms with Gasteiger partial charge in [0.2, 0.25) is 0 Å². The zero-order valence-corrected chi connectivity index (χ0v) is 14.8. The van der Waals surface area contributed by atoms with E-state index in [1.165, 1.54) is 38.5 Å². The van der Waals surface area contributed by atoms with Crippen LogP contribution in [0.5, 0.6) is 5.75 Å². The summed E-state index contributed by atoms with van der Waals surface area (Å²) in [5, 5.41) is 9.64. The van der Waals surface area contributed by atoms with E-state index in [1.54, 1.807) is 0 Å². The lowest BCUT2D eigenvalue weighted by Crippen LogP contribution is -2.54. The van der Waals surface area contributed by atoms with E-state index in [2.05, 4.69) is 6.07 Å². The third-order valence-corrected chi connectivity index (χ3v) is 6.47. The minimum absolute atomic E-state index is 0.385. The summed E-state index contributed by atoms with van der Waals surface area (Å²) in [6, 6.07) is 7.98. The van der Waals surface area contributed by atoms with E-state index in [0.717, 1.165) is 31.2 Å². The van der Waals surface area contributed by atoms with Crippen molar-refractivity contribution in [3.05, 3.63) is 29.8 Å². The van der Waals surface area contributed by atoms with Crippen LogP contribution in [-0.4, -0.2) is 17.4 Å². The molecule has 1 aliphatic heterocycles. The van der Waals surface area contributed by atoms with E-state index >= 15 is 0 Å². The van der Waals surface area contributed by atoms with Gasteiger partial charge in [0.05, 0.1) is 0 Å². The first-order chi connectivity index (χ1) is 12.2. The maximum absolute atomic E-state index is 11.8. The molecule has 0 saturated heterocycles. The highest BCUT2D eigenvalue weighted by atomic mass is 16.7. The molecule has 4 nitrogen and oxygen atoms in total. The molecule has 0 spiro atoms. The predicted octanol–water partition coefficient (Wildman–Crippen LogP) is 4.86. The van der Waals surface area contributed by atoms with Crippen molar-refractivity contribution in [2.24, 2.45) is 11.8 Å². The van der Waals surface area contributed by atoms with Crippen LogP contribution in [0.1, 0.15) is 69.8 Å². The molecule has 3 aliphatic rings. The number of aliphatic carboxylic acids is 1. The lowest BCUT2D eigenvalue weighted by atomic mass is 9.63. The molecular formula is C21H28O4. The van der Waals surface area contributed by atoms with E-state index in [-0.39, 0.29) is 0 Å². The van der Waals surface area contributed by atoms with Crippen molar-refractivity contribution in [2.45, 2.75) is 76.1 Å². The highest BCUT2D eigenvalue weighted by Crippen LogP contribution is 2.55. The Morgan fingerprint density at radius 3 is 2.04 bits per heavy atom. The Morgan fingerprint density at radius 2 is 1.48 bits per heavy atom. The van der Waals surface area contributed by atoms with Crippen LogP contribution in [0.2, 0.25) is 0 Å². The fourth-order valence-corrected chi connectivity index (χ4v) is 5.40. The van der Waals surface area contributed by atoms with Crippen LogP contribution in [0, 0.1) is 11.8 Å². The molecule has 1 N–H and O–H groups in total. The second kappa shape index (κ2) is 6.99. The normalized spacial score (nSPS) is 27.3. The zero-order valence-electron chi connectivity index (χ0n) is 14.8. The third-order valence-electron chi connectivity index (χ3n) is 6.47. The Hall–Kier alpha value is -1.55. The van der Waals surface area contributed by atoms with Crippen LogP contribution in [-0.2, 0) is 15.1 Å². The Balaban J connectivity index is 1.83. The summed E-state index contributed by atoms with van der Waals surface area (Å²) >= 11 is 0. The summed E-state index contributed by atoms with van der Waals surface area (Å²) in [7, 11) is 0. The fraction of sp³-hybridized carbons (Fsp3) is 0.667. The Kier molecular flexibility index (Phi) is 4.72. The Morgan fingerprint density at radius 1 is 0.920 bits per heavy atom. The van der Waals surface area contributed by atoms with Gasteiger partial charge in [-0.1, -0.05) is 56.7 Å². The molecule has 0 bridgehead atoms. The first-order valence-electron chi connectivity index (χ1n) is 9.88. The molecule has 2 fully saturated rings. The van der Waals surface area contributed by atoms with Crippen molar-refractivity contribution >= 4 is 5.97 Å². The van der Waals surface area contributed by atoms with Gasteiger partial charge in [0.1, 0.15) is 11.4 Å². The standard InChI is InChI=1S/C21H28O4/c22-19(23)20-24-18-14-8-7-13-17(18)21(25-20,15-9-3-1-4-10-15)16-11-5-2-6-12-16/h7-8,13-16,20H,1-6,9-12H2,(H,22,23). The molecule has 4 rings (SSSR count). The Labute approximate surface area is 149 Å². The van der Waals surface area contributed by atoms with Crippen LogP contribution in [0.15, 0.2) is 24.3 Å². The number of hydrogen-bond acceptors (Lipinski definition) is 3. The lowest BCUT2D eigenvalue weighted by Gasteiger charge is -2.52. The molecule has 0 aromatic heterocycles. The highest BCUT2D eigenvalue weighted by molar-refractivity contribution is 5.72. The van der Waals surface area contributed by atoms with Crippen LogP contribution in [0.25, 0.3) is 0 Å². The minimum Gasteiger partial charge on any atom is -0.477 e. The largest absolute Gasteiger partial charge is 0.477 e. The van der Waals surface area contributed by atoms with E-state index in [9.17, 15) is 9.90 Å². The number of benzene rings is 1. The van der Waals surface area contributed by atoms with Gasteiger partial charge in [-0.3, -0.25) is 0 Å². The molecule has 2 saturated carbocycles. The number of carboxylic acid groups (broad SMARTS) is 1. The molecule has 0 radical (unpaired) electrons. The van der Waals surface area contributed by atoms with Gasteiger partial charge in [0.15, 0.2) is 0 Å². The van der Waals surface area contributed by atoms with Crippen molar-refractivity contribution in [2.75, 3.05) is 0 Å². The van der Waals surface area contributed by atoms with Gasteiger partial charge < -0.3 is 14.6 Å². The molecule has 1 heterocycles. The van der Waals surface area contributed by atoms with E-state index in [4.69, 9.17) is 9.47 Å². The summed E-state index contributed by atoms with van der Waals surface area (Å²) in [6.07, 6.45) is 10.7. The average Bonchev–Trinajstić information content (AvgIpc) is 2.68. The van der Waals surface area contributed by atoms with Gasteiger partial charge >= 0.3 is 5.97 Å². The first kappa shape index (κ1) is 16.9. The molecule has 1 atom stereocenters. The maximum Gasteiger partial charge on any atom is 0.373 e. The molecule has 2 aliphatic carbocycles. The topological polar surface area (TPSA) is 55.8 Å². The fourth-order valence-electron chi connectivity index (χ4n) is 5.40. The third kappa shape index (κ3) is 2.95. The first-order valence-corrected chi connectivity index (χ1v) is 9.88. The van der Waals surface area contributed by atoms with Gasteiger partial charge in [-0.25, -0.2) is 4.79 Å². The molecule has 1 unspecified atom stereocenters. The number of carboxylic acids is 1. The van der Waals surface area contributed by atoms with Crippen LogP contribution < -0.4 is 4.74 Å². The number of para-hydroxylation sites is 1. The molecule has 4 heteroatoms. The van der Waals surface area contributed by atoms with Crippen molar-refractivity contribution < 1.29 is 19.4 Å². The van der Waals surface area contributed by atoms with Crippen LogP contribution in [0.4, 0.5) is 0 Å². The second-order valence-electron chi connectivity index (χ2n) is 7.87. The van der Waals surface area contributed by atoms with Crippen LogP contribution in [0.3, 0.4) is 0 Å². The van der Waals surface area contributed by atoms with Gasteiger partial charge in [0.25, 0.3) is 6.29 Å². The number of hydrogen-bond donors (Lipinski definition) is 1. The summed E-state index contributed by atoms with van der Waals surface area (Å²) in [5.41, 5.74) is 0.588. The minimum atomic E-state index is -1.20. The van der Waals surface area contributed by atoms with Crippen molar-refractivity contribution in [3.63, 3.8) is 0 Å². The zero-order chi connectivity index (χ0) is 17.3. The van der Waals surface area contributed by atoms with E-state index < -0.39 is 17.9 Å². The average molecular weight is 344 g/mol. The highest BCUT2D eigenvalue weighted by Gasteiger charge is 2.54. The number of fused-ring (bicyclic) bond motifs is 1. The Bertz CT molecular complexity index is 596. The van der Waals surface area contributed by atoms with Gasteiger partial charge in [-0.15, -0.1) is 0 Å². The molecule has 1 aromatic rings. The van der Waals surface area contributed by atoms with Gasteiger partial charge in [-0.05, 0) is 43.6 Å². The predicted molar refractivity (Wildman–Crippen MR) is 94.4 cm³/mol. The lowest BCUT2D eigenvalue weighted by molar-refractivity contribution is -0.252. The second-order valence-corrected chi connectivity index (χ2v) is 7.87. The number of ether oxygens (including phenoxy) is 2. The summed E-state index contributed by atoms with van der Waals surface area (Å²) in [4.78, 5) is 11.8. The number of rotatable bonds is 3. The van der Waals surface area contributed by atoms with E-state index in [0.29, 0.717) is 17.6 Å². The van der Waals surface area contributed by atoms with E-state index in [1.807, 2.05) is 18.2 Å². The van der Waals surface area contributed by atoms with Crippen molar-refractivity contribution in [1.29, 1.82) is 0 Å². The number of carbonyl (C=O) groups is 1. The van der Waals surface area contributed by atoms with Crippen LogP contribution >= 0.6 is 0 Å². The smallest absolute Gasteiger partial charge is 0.373 e. The maximum atomic E-state index is 11.8. The van der Waals surface area contributed by atoms with Gasteiger partial charge in [0, 0.05) is 5.56 Å². The van der Waals surface area contributed by atoms with Gasteiger partial charge in [-0.2, -0.15) is 0 Å². The SMILES string of the molecule is O=C(O)C1Oc2ccccc2C(C2CCCCC2)(C2CCCCC2)O1. The summed E-state index contributed by atoms with van der Waals surface area (Å²) < 4.78 is 12.1. The quantitative estimate of drug-likeness (QED) is 0.850.